The van der Waals surface area contributed by atoms with Gasteiger partial charge < -0.3 is 10.5 Å². The molecule has 0 saturated carbocycles. The highest BCUT2D eigenvalue weighted by Gasteiger charge is 2.10. The Hall–Kier alpha value is -2.07. The quantitative estimate of drug-likeness (QED) is 0.707. The van der Waals surface area contributed by atoms with E-state index in [1.54, 1.807) is 0 Å². The van der Waals surface area contributed by atoms with Gasteiger partial charge in [0.2, 0.25) is 5.06 Å². The van der Waals surface area contributed by atoms with Crippen molar-refractivity contribution in [3.8, 4) is 10.8 Å². The zero-order valence-electron chi connectivity index (χ0n) is 10.8. The SMILES string of the molecule is Cc1cc(C)c(Oc2snc3ccccc23)cc1N. The van der Waals surface area contributed by atoms with Crippen molar-refractivity contribution in [1.29, 1.82) is 0 Å². The van der Waals surface area contributed by atoms with Crippen LogP contribution in [0.4, 0.5) is 5.69 Å². The summed E-state index contributed by atoms with van der Waals surface area (Å²) in [6.07, 6.45) is 0. The minimum absolute atomic E-state index is 0.745. The molecular formula is C15H14N2OS. The molecule has 0 fully saturated rings. The van der Waals surface area contributed by atoms with Gasteiger partial charge in [0.15, 0.2) is 0 Å². The zero-order chi connectivity index (χ0) is 13.4. The number of hydrogen-bond acceptors (Lipinski definition) is 4. The molecule has 1 aromatic heterocycles. The number of nitrogens with two attached hydrogens (primary N) is 1. The second kappa shape index (κ2) is 4.55. The van der Waals surface area contributed by atoms with Gasteiger partial charge in [-0.05, 0) is 37.1 Å². The number of aromatic nitrogens is 1. The van der Waals surface area contributed by atoms with Gasteiger partial charge in [0.25, 0.3) is 0 Å². The van der Waals surface area contributed by atoms with Crippen LogP contribution in [0.15, 0.2) is 36.4 Å². The van der Waals surface area contributed by atoms with Crippen LogP contribution < -0.4 is 10.5 Å². The van der Waals surface area contributed by atoms with E-state index in [1.807, 2.05) is 50.2 Å². The molecule has 4 heteroatoms. The van der Waals surface area contributed by atoms with Gasteiger partial charge in [-0.1, -0.05) is 18.2 Å². The maximum absolute atomic E-state index is 5.97. The van der Waals surface area contributed by atoms with Crippen LogP contribution in [0.25, 0.3) is 10.9 Å². The fourth-order valence-corrected chi connectivity index (χ4v) is 2.74. The van der Waals surface area contributed by atoms with E-state index in [-0.39, 0.29) is 0 Å². The van der Waals surface area contributed by atoms with Crippen LogP contribution in [0.1, 0.15) is 11.1 Å². The highest BCUT2D eigenvalue weighted by Crippen LogP contribution is 2.36. The Morgan fingerprint density at radius 2 is 1.89 bits per heavy atom. The van der Waals surface area contributed by atoms with Gasteiger partial charge in [0.05, 0.1) is 10.9 Å². The number of ether oxygens (including phenoxy) is 1. The molecule has 19 heavy (non-hydrogen) atoms. The fraction of sp³-hybridized carbons (Fsp3) is 0.133. The van der Waals surface area contributed by atoms with E-state index in [0.29, 0.717) is 0 Å². The number of nitrogens with zero attached hydrogens (tertiary/aromatic N) is 1. The highest BCUT2D eigenvalue weighted by molar-refractivity contribution is 7.09. The summed E-state index contributed by atoms with van der Waals surface area (Å²) in [5.74, 6) is 0.789. The van der Waals surface area contributed by atoms with Gasteiger partial charge in [-0.15, -0.1) is 0 Å². The van der Waals surface area contributed by atoms with Gasteiger partial charge in [0.1, 0.15) is 5.75 Å². The van der Waals surface area contributed by atoms with Crippen molar-refractivity contribution >= 4 is 28.1 Å². The van der Waals surface area contributed by atoms with E-state index >= 15 is 0 Å². The smallest absolute Gasteiger partial charge is 0.207 e. The molecule has 0 amide bonds. The minimum atomic E-state index is 0.745. The van der Waals surface area contributed by atoms with E-state index < -0.39 is 0 Å². The Balaban J connectivity index is 2.04. The summed E-state index contributed by atoms with van der Waals surface area (Å²) in [7, 11) is 0. The number of nitrogen functional groups attached to an aromatic ring is 1. The molecule has 0 unspecified atom stereocenters. The van der Waals surface area contributed by atoms with E-state index in [4.69, 9.17) is 10.5 Å². The first-order valence-corrected chi connectivity index (χ1v) is 6.81. The molecule has 0 radical (unpaired) electrons. The third-order valence-corrected chi connectivity index (χ3v) is 3.87. The molecule has 0 aliphatic heterocycles. The molecule has 0 saturated heterocycles. The summed E-state index contributed by atoms with van der Waals surface area (Å²) < 4.78 is 10.3. The minimum Gasteiger partial charge on any atom is -0.444 e. The summed E-state index contributed by atoms with van der Waals surface area (Å²) in [4.78, 5) is 0. The van der Waals surface area contributed by atoms with Crippen LogP contribution in [0, 0.1) is 13.8 Å². The first-order chi connectivity index (χ1) is 9.15. The normalized spacial score (nSPS) is 10.8. The number of benzene rings is 2. The van der Waals surface area contributed by atoms with Crippen LogP contribution in [-0.2, 0) is 0 Å². The third kappa shape index (κ3) is 2.15. The summed E-state index contributed by atoms with van der Waals surface area (Å²) >= 11 is 1.36. The average molecular weight is 270 g/mol. The first-order valence-electron chi connectivity index (χ1n) is 6.04. The molecule has 2 aromatic carbocycles. The van der Waals surface area contributed by atoms with Crippen molar-refractivity contribution in [2.24, 2.45) is 0 Å². The Kier molecular flexibility index (Phi) is 2.87. The largest absolute Gasteiger partial charge is 0.444 e. The Morgan fingerprint density at radius 1 is 1.11 bits per heavy atom. The third-order valence-electron chi connectivity index (χ3n) is 3.12. The molecule has 3 aromatic rings. The fourth-order valence-electron chi connectivity index (χ4n) is 2.00. The van der Waals surface area contributed by atoms with E-state index in [0.717, 1.165) is 38.5 Å². The van der Waals surface area contributed by atoms with Crippen LogP contribution in [-0.4, -0.2) is 4.37 Å². The number of anilines is 1. The van der Waals surface area contributed by atoms with Crippen molar-refractivity contribution in [3.63, 3.8) is 0 Å². The molecule has 0 spiro atoms. The van der Waals surface area contributed by atoms with Gasteiger partial charge in [-0.25, -0.2) is 0 Å². The average Bonchev–Trinajstić information content (AvgIpc) is 2.80. The maximum Gasteiger partial charge on any atom is 0.207 e. The second-order valence-corrected chi connectivity index (χ2v) is 5.30. The molecule has 3 rings (SSSR count). The standard InChI is InChI=1S/C15H14N2OS/c1-9-7-10(2)14(8-12(9)16)18-15-11-5-3-4-6-13(11)17-19-15/h3-8H,16H2,1-2H3. The number of fused-ring (bicyclic) bond motifs is 1. The summed E-state index contributed by atoms with van der Waals surface area (Å²) in [6, 6.07) is 11.9. The molecule has 0 atom stereocenters. The molecule has 0 bridgehead atoms. The van der Waals surface area contributed by atoms with Crippen LogP contribution in [0.3, 0.4) is 0 Å². The van der Waals surface area contributed by atoms with Gasteiger partial charge in [0, 0.05) is 23.3 Å². The maximum atomic E-state index is 5.97. The summed E-state index contributed by atoms with van der Waals surface area (Å²) in [6.45, 7) is 4.01. The summed E-state index contributed by atoms with van der Waals surface area (Å²) in [5, 5.41) is 1.84. The number of rotatable bonds is 2. The van der Waals surface area contributed by atoms with Crippen molar-refractivity contribution in [3.05, 3.63) is 47.5 Å². The molecule has 3 nitrogen and oxygen atoms in total. The highest BCUT2D eigenvalue weighted by atomic mass is 32.1. The van der Waals surface area contributed by atoms with Crippen LogP contribution in [0.5, 0.6) is 10.8 Å². The first kappa shape index (κ1) is 12.0. The van der Waals surface area contributed by atoms with Crippen LogP contribution in [0.2, 0.25) is 0 Å². The lowest BCUT2D eigenvalue weighted by molar-refractivity contribution is 0.497. The summed E-state index contributed by atoms with van der Waals surface area (Å²) in [5.41, 5.74) is 9.78. The lowest BCUT2D eigenvalue weighted by Gasteiger charge is -2.09. The number of aryl methyl sites for hydroxylation is 2. The monoisotopic (exact) mass is 270 g/mol. The molecule has 1 heterocycles. The van der Waals surface area contributed by atoms with Gasteiger partial charge >= 0.3 is 0 Å². The van der Waals surface area contributed by atoms with Crippen molar-refractivity contribution < 1.29 is 4.74 Å². The Morgan fingerprint density at radius 3 is 2.74 bits per heavy atom. The predicted octanol–water partition coefficient (Wildman–Crippen LogP) is 4.29. The molecule has 0 aliphatic rings. The Labute approximate surface area is 115 Å². The van der Waals surface area contributed by atoms with Crippen molar-refractivity contribution in [1.82, 2.24) is 4.37 Å². The Bertz CT molecular complexity index is 749. The van der Waals surface area contributed by atoms with Gasteiger partial charge in [-0.3, -0.25) is 0 Å². The van der Waals surface area contributed by atoms with E-state index in [9.17, 15) is 0 Å². The number of hydrogen-bond donors (Lipinski definition) is 1. The lowest BCUT2D eigenvalue weighted by atomic mass is 10.1. The second-order valence-electron chi connectivity index (χ2n) is 4.56. The zero-order valence-corrected chi connectivity index (χ0v) is 11.6. The molecule has 2 N–H and O–H groups in total. The van der Waals surface area contributed by atoms with Gasteiger partial charge in [-0.2, -0.15) is 4.37 Å². The predicted molar refractivity (Wildman–Crippen MR) is 80.0 cm³/mol. The van der Waals surface area contributed by atoms with Crippen LogP contribution >= 0.6 is 11.5 Å². The molecule has 96 valence electrons. The van der Waals surface area contributed by atoms with E-state index in [2.05, 4.69) is 4.37 Å². The van der Waals surface area contributed by atoms with Crippen molar-refractivity contribution in [2.45, 2.75) is 13.8 Å². The topological polar surface area (TPSA) is 48.1 Å². The van der Waals surface area contributed by atoms with Crippen molar-refractivity contribution in [2.75, 3.05) is 5.73 Å². The molecule has 0 aliphatic carbocycles. The molecular weight excluding hydrogens is 256 g/mol. The van der Waals surface area contributed by atoms with E-state index in [1.165, 1.54) is 11.5 Å². The lowest BCUT2D eigenvalue weighted by Crippen LogP contribution is -1.93.